The van der Waals surface area contributed by atoms with Crippen LogP contribution in [-0.2, 0) is 11.3 Å². The molecule has 2 heterocycles. The molecule has 1 atom stereocenters. The highest BCUT2D eigenvalue weighted by Gasteiger charge is 2.23. The van der Waals surface area contributed by atoms with Crippen molar-refractivity contribution >= 4 is 28.6 Å². The van der Waals surface area contributed by atoms with Gasteiger partial charge in [0.2, 0.25) is 5.91 Å². The summed E-state index contributed by atoms with van der Waals surface area (Å²) in [6, 6.07) is 18.9. The van der Waals surface area contributed by atoms with Crippen molar-refractivity contribution in [3.63, 3.8) is 0 Å². The van der Waals surface area contributed by atoms with Crippen molar-refractivity contribution < 1.29 is 4.79 Å². The lowest BCUT2D eigenvalue weighted by Crippen LogP contribution is -2.35. The van der Waals surface area contributed by atoms with Crippen molar-refractivity contribution in [2.24, 2.45) is 0 Å². The summed E-state index contributed by atoms with van der Waals surface area (Å²) < 4.78 is 2.06. The minimum absolute atomic E-state index is 0.220. The highest BCUT2D eigenvalue weighted by Crippen LogP contribution is 2.36. The largest absolute Gasteiger partial charge is 0.340 e. The number of amides is 1. The number of hydrogen-bond acceptors (Lipinski definition) is 2. The molecule has 0 N–H and O–H groups in total. The van der Waals surface area contributed by atoms with Crippen LogP contribution in [0.4, 0.5) is 0 Å². The number of aromatic nitrogens is 1. The number of thioether (sulfide) groups is 1. The number of benzene rings is 2. The zero-order valence-corrected chi connectivity index (χ0v) is 15.9. The van der Waals surface area contributed by atoms with E-state index in [-0.39, 0.29) is 5.91 Å². The minimum Gasteiger partial charge on any atom is -0.340 e. The first kappa shape index (κ1) is 17.2. The molecule has 4 heteroatoms. The van der Waals surface area contributed by atoms with Crippen LogP contribution in [0.3, 0.4) is 0 Å². The Hall–Kier alpha value is -2.20. The normalized spacial score (nSPS) is 18.0. The molecule has 1 amide bonds. The van der Waals surface area contributed by atoms with E-state index in [4.69, 9.17) is 0 Å². The average Bonchev–Trinajstić information content (AvgIpc) is 2.90. The van der Waals surface area contributed by atoms with E-state index in [1.54, 1.807) is 0 Å². The van der Waals surface area contributed by atoms with Crippen LogP contribution in [0.2, 0.25) is 0 Å². The van der Waals surface area contributed by atoms with Crippen LogP contribution < -0.4 is 0 Å². The Morgan fingerprint density at radius 3 is 2.77 bits per heavy atom. The van der Waals surface area contributed by atoms with Crippen LogP contribution in [-0.4, -0.2) is 34.2 Å². The molecule has 26 heavy (non-hydrogen) atoms. The molecule has 0 spiro atoms. The van der Waals surface area contributed by atoms with Gasteiger partial charge in [-0.15, -0.1) is 0 Å². The van der Waals surface area contributed by atoms with Crippen molar-refractivity contribution in [1.29, 1.82) is 0 Å². The van der Waals surface area contributed by atoms with Gasteiger partial charge in [-0.1, -0.05) is 42.5 Å². The van der Waals surface area contributed by atoms with Gasteiger partial charge < -0.3 is 9.47 Å². The zero-order valence-electron chi connectivity index (χ0n) is 15.1. The number of rotatable bonds is 3. The second kappa shape index (κ2) is 7.58. The Bertz CT molecular complexity index is 917. The maximum atomic E-state index is 12.9. The van der Waals surface area contributed by atoms with Gasteiger partial charge in [-0.05, 0) is 42.0 Å². The van der Waals surface area contributed by atoms with Crippen LogP contribution in [0.25, 0.3) is 10.9 Å². The third kappa shape index (κ3) is 3.51. The summed E-state index contributed by atoms with van der Waals surface area (Å²) >= 11 is 1.98. The second-order valence-electron chi connectivity index (χ2n) is 6.89. The predicted octanol–water partition coefficient (Wildman–Crippen LogP) is 4.66. The first-order valence-corrected chi connectivity index (χ1v) is 10.3. The van der Waals surface area contributed by atoms with E-state index < -0.39 is 0 Å². The fraction of sp³-hybridized carbons (Fsp3) is 0.318. The minimum atomic E-state index is 0.220. The van der Waals surface area contributed by atoms with Gasteiger partial charge in [0.05, 0.1) is 0 Å². The zero-order chi connectivity index (χ0) is 17.9. The van der Waals surface area contributed by atoms with Gasteiger partial charge in [0, 0.05) is 35.8 Å². The number of nitrogens with zero attached hydrogens (tertiary/aromatic N) is 2. The van der Waals surface area contributed by atoms with Gasteiger partial charge >= 0.3 is 0 Å². The van der Waals surface area contributed by atoms with Crippen molar-refractivity contribution in [3.05, 3.63) is 71.9 Å². The van der Waals surface area contributed by atoms with E-state index in [0.717, 1.165) is 30.8 Å². The molecule has 1 fully saturated rings. The number of carbonyl (C=O) groups is 1. The molecule has 0 bridgehead atoms. The summed E-state index contributed by atoms with van der Waals surface area (Å²) in [6.45, 7) is 4.28. The Labute approximate surface area is 159 Å². The number of hydrogen-bond donors (Lipinski definition) is 0. The fourth-order valence-corrected chi connectivity index (χ4v) is 5.07. The van der Waals surface area contributed by atoms with Crippen LogP contribution >= 0.6 is 11.8 Å². The van der Waals surface area contributed by atoms with Crippen molar-refractivity contribution in [3.8, 4) is 0 Å². The molecular formula is C22H24N2OS. The molecule has 3 nitrogen and oxygen atoms in total. The van der Waals surface area contributed by atoms with E-state index >= 15 is 0 Å². The Morgan fingerprint density at radius 2 is 1.88 bits per heavy atom. The second-order valence-corrected chi connectivity index (χ2v) is 8.20. The van der Waals surface area contributed by atoms with Gasteiger partial charge in [0.1, 0.15) is 6.54 Å². The van der Waals surface area contributed by atoms with Gasteiger partial charge in [0.25, 0.3) is 0 Å². The van der Waals surface area contributed by atoms with E-state index in [0.29, 0.717) is 11.8 Å². The van der Waals surface area contributed by atoms with Gasteiger partial charge in [-0.3, -0.25) is 4.79 Å². The number of carbonyl (C=O) groups excluding carboxylic acids is 1. The van der Waals surface area contributed by atoms with E-state index in [1.165, 1.54) is 16.5 Å². The highest BCUT2D eigenvalue weighted by atomic mass is 32.2. The molecule has 1 aromatic heterocycles. The molecule has 1 aliphatic rings. The summed E-state index contributed by atoms with van der Waals surface area (Å²) in [4.78, 5) is 14.9. The molecule has 0 aliphatic carbocycles. The van der Waals surface area contributed by atoms with Crippen LogP contribution in [0.15, 0.2) is 60.8 Å². The van der Waals surface area contributed by atoms with Crippen LogP contribution in [0.1, 0.15) is 22.8 Å². The molecule has 1 aliphatic heterocycles. The maximum absolute atomic E-state index is 12.9. The monoisotopic (exact) mass is 364 g/mol. The summed E-state index contributed by atoms with van der Waals surface area (Å²) in [7, 11) is 0. The topological polar surface area (TPSA) is 25.2 Å². The van der Waals surface area contributed by atoms with Gasteiger partial charge in [-0.25, -0.2) is 0 Å². The van der Waals surface area contributed by atoms with Gasteiger partial charge in [0.15, 0.2) is 0 Å². The van der Waals surface area contributed by atoms with Gasteiger partial charge in [-0.2, -0.15) is 11.8 Å². The smallest absolute Gasteiger partial charge is 0.242 e. The lowest BCUT2D eigenvalue weighted by molar-refractivity contribution is -0.131. The molecule has 0 radical (unpaired) electrons. The third-order valence-electron chi connectivity index (χ3n) is 5.22. The quantitative estimate of drug-likeness (QED) is 0.675. The molecule has 1 saturated heterocycles. The van der Waals surface area contributed by atoms with E-state index in [1.807, 2.05) is 35.0 Å². The molecule has 0 saturated carbocycles. The van der Waals surface area contributed by atoms with Crippen molar-refractivity contribution in [2.45, 2.75) is 25.1 Å². The van der Waals surface area contributed by atoms with Crippen molar-refractivity contribution in [1.82, 2.24) is 9.47 Å². The fourth-order valence-electron chi connectivity index (χ4n) is 3.74. The maximum Gasteiger partial charge on any atom is 0.242 e. The lowest BCUT2D eigenvalue weighted by Gasteiger charge is -2.21. The predicted molar refractivity (Wildman–Crippen MR) is 110 cm³/mol. The Balaban J connectivity index is 1.44. The molecular weight excluding hydrogens is 340 g/mol. The van der Waals surface area contributed by atoms with Crippen LogP contribution in [0.5, 0.6) is 0 Å². The molecule has 1 unspecified atom stereocenters. The number of fused-ring (bicyclic) bond motifs is 1. The highest BCUT2D eigenvalue weighted by molar-refractivity contribution is 7.99. The number of para-hydroxylation sites is 1. The lowest BCUT2D eigenvalue weighted by atomic mass is 10.0. The van der Waals surface area contributed by atoms with E-state index in [9.17, 15) is 4.79 Å². The number of aryl methyl sites for hydroxylation is 1. The SMILES string of the molecule is Cc1ccccc1C1CCN(C(=O)Cn2ccc3ccccc32)CCS1. The van der Waals surface area contributed by atoms with E-state index in [2.05, 4.69) is 54.0 Å². The molecule has 4 rings (SSSR count). The summed E-state index contributed by atoms with van der Waals surface area (Å²) in [5.74, 6) is 1.22. The molecule has 2 aromatic carbocycles. The average molecular weight is 365 g/mol. The van der Waals surface area contributed by atoms with Crippen LogP contribution in [0, 0.1) is 6.92 Å². The summed E-state index contributed by atoms with van der Waals surface area (Å²) in [5.41, 5.74) is 3.90. The third-order valence-corrected chi connectivity index (χ3v) is 6.53. The summed E-state index contributed by atoms with van der Waals surface area (Å²) in [5, 5.41) is 1.67. The van der Waals surface area contributed by atoms with Crippen molar-refractivity contribution in [2.75, 3.05) is 18.8 Å². The molecule has 3 aromatic rings. The Morgan fingerprint density at radius 1 is 1.08 bits per heavy atom. The summed E-state index contributed by atoms with van der Waals surface area (Å²) in [6.07, 6.45) is 3.04. The standard InChI is InChI=1S/C22H24N2OS/c1-17-6-2-4-8-19(17)21-11-13-23(14-15-26-21)22(25)16-24-12-10-18-7-3-5-9-20(18)24/h2-10,12,21H,11,13-16H2,1H3. The first-order chi connectivity index (χ1) is 12.7. The first-order valence-electron chi connectivity index (χ1n) is 9.21. The molecule has 134 valence electrons. The Kier molecular flexibility index (Phi) is 5.02.